The van der Waals surface area contributed by atoms with E-state index in [4.69, 9.17) is 15.9 Å². The highest BCUT2D eigenvalue weighted by Crippen LogP contribution is 2.16. The zero-order valence-electron chi connectivity index (χ0n) is 14.9. The van der Waals surface area contributed by atoms with Crippen LogP contribution in [0.3, 0.4) is 0 Å². The third-order valence-electron chi connectivity index (χ3n) is 3.53. The molecule has 2 atom stereocenters. The number of hydrogen-bond acceptors (Lipinski definition) is 6. The van der Waals surface area contributed by atoms with Crippen LogP contribution in [-0.2, 0) is 24.9 Å². The maximum Gasteiger partial charge on any atom is 0.322 e. The van der Waals surface area contributed by atoms with E-state index < -0.39 is 42.4 Å². The van der Waals surface area contributed by atoms with Crippen LogP contribution in [0.5, 0.6) is 0 Å². The third kappa shape index (κ3) is 9.72. The van der Waals surface area contributed by atoms with E-state index in [1.165, 1.54) is 11.8 Å². The molecule has 28 heavy (non-hydrogen) atoms. The molecule has 1 rings (SSSR count). The second kappa shape index (κ2) is 12.4. The summed E-state index contributed by atoms with van der Waals surface area (Å²) in [7, 11) is 0. The Morgan fingerprint density at radius 1 is 1.14 bits per heavy atom. The number of hydrogen-bond donors (Lipinski definition) is 5. The number of carbonyl (C=O) groups is 4. The van der Waals surface area contributed by atoms with Gasteiger partial charge in [-0.1, -0.05) is 28.1 Å². The molecular weight excluding hydrogens is 454 g/mol. The number of halogens is 1. The molecule has 0 unspecified atom stereocenters. The lowest BCUT2D eigenvalue weighted by atomic mass is 10.1. The van der Waals surface area contributed by atoms with E-state index in [1.807, 2.05) is 24.3 Å². The zero-order chi connectivity index (χ0) is 21.1. The van der Waals surface area contributed by atoms with Gasteiger partial charge in [-0.05, 0) is 24.1 Å². The molecule has 0 saturated heterocycles. The summed E-state index contributed by atoms with van der Waals surface area (Å²) in [5.41, 5.74) is 6.38. The number of carboxylic acids is 2. The van der Waals surface area contributed by atoms with Crippen molar-refractivity contribution in [1.29, 1.82) is 0 Å². The highest BCUT2D eigenvalue weighted by atomic mass is 79.9. The highest BCUT2D eigenvalue weighted by molar-refractivity contribution is 9.10. The van der Waals surface area contributed by atoms with Gasteiger partial charge in [0.05, 0.1) is 0 Å². The number of aliphatic carboxylic acids is 2. The van der Waals surface area contributed by atoms with Crippen molar-refractivity contribution < 1.29 is 29.4 Å². The van der Waals surface area contributed by atoms with Crippen LogP contribution < -0.4 is 16.4 Å². The third-order valence-corrected chi connectivity index (χ3v) is 5.17. The fraction of sp³-hybridized carbons (Fsp3) is 0.412. The van der Waals surface area contributed by atoms with Gasteiger partial charge in [0.15, 0.2) is 0 Å². The molecule has 154 valence electrons. The molecule has 11 heteroatoms. The molecule has 1 aromatic rings. The molecule has 0 radical (unpaired) electrons. The second-order valence-electron chi connectivity index (χ2n) is 5.86. The molecule has 0 heterocycles. The van der Waals surface area contributed by atoms with Crippen molar-refractivity contribution in [2.75, 3.05) is 12.3 Å². The molecule has 0 fully saturated rings. The van der Waals surface area contributed by atoms with E-state index in [9.17, 15) is 19.2 Å². The average Bonchev–Trinajstić information content (AvgIpc) is 2.64. The van der Waals surface area contributed by atoms with Crippen LogP contribution in [0.15, 0.2) is 28.7 Å². The molecule has 0 aliphatic rings. The van der Waals surface area contributed by atoms with E-state index in [0.29, 0.717) is 5.75 Å². The van der Waals surface area contributed by atoms with E-state index in [2.05, 4.69) is 26.6 Å². The van der Waals surface area contributed by atoms with Crippen molar-refractivity contribution in [2.45, 2.75) is 30.7 Å². The minimum atomic E-state index is -1.21. The summed E-state index contributed by atoms with van der Waals surface area (Å²) in [5, 5.41) is 22.2. The molecule has 0 saturated carbocycles. The summed E-state index contributed by atoms with van der Waals surface area (Å²) in [6, 6.07) is 5.50. The van der Waals surface area contributed by atoms with Gasteiger partial charge in [-0.3, -0.25) is 19.2 Å². The molecule has 9 nitrogen and oxygen atoms in total. The Hall–Kier alpha value is -2.11. The standard InChI is InChI=1S/C17H22BrN3O6S/c18-11-3-1-10(2-4-11)8-28-9-13(16(25)20-7-15(23)24)21-14(22)6-5-12(19)17(26)27/h1-4,12-13H,5-9,19H2,(H,20,25)(H,21,22)(H,23,24)(H,26,27)/t12-,13+/m1/s1. The molecular formula is C17H22BrN3O6S. The van der Waals surface area contributed by atoms with E-state index in [-0.39, 0.29) is 18.6 Å². The summed E-state index contributed by atoms with van der Waals surface area (Å²) in [6.07, 6.45) is -0.232. The van der Waals surface area contributed by atoms with Crippen LogP contribution in [0.2, 0.25) is 0 Å². The Kier molecular flexibility index (Phi) is 10.6. The summed E-state index contributed by atoms with van der Waals surface area (Å²) in [5.74, 6) is -2.76. The Morgan fingerprint density at radius 2 is 1.79 bits per heavy atom. The van der Waals surface area contributed by atoms with Gasteiger partial charge in [-0.15, -0.1) is 0 Å². The molecule has 0 aromatic heterocycles. The quantitative estimate of drug-likeness (QED) is 0.293. The monoisotopic (exact) mass is 475 g/mol. The lowest BCUT2D eigenvalue weighted by molar-refractivity contribution is -0.139. The van der Waals surface area contributed by atoms with E-state index >= 15 is 0 Å². The van der Waals surface area contributed by atoms with Gasteiger partial charge in [0.25, 0.3) is 0 Å². The predicted molar refractivity (Wildman–Crippen MR) is 108 cm³/mol. The first kappa shape index (κ1) is 23.9. The maximum absolute atomic E-state index is 12.2. The van der Waals surface area contributed by atoms with Crippen LogP contribution in [0.1, 0.15) is 18.4 Å². The van der Waals surface area contributed by atoms with Crippen LogP contribution in [0, 0.1) is 0 Å². The van der Waals surface area contributed by atoms with Gasteiger partial charge in [0.1, 0.15) is 18.6 Å². The number of carbonyl (C=O) groups excluding carboxylic acids is 2. The first-order valence-corrected chi connectivity index (χ1v) is 10.2. The van der Waals surface area contributed by atoms with Crippen molar-refractivity contribution in [3.05, 3.63) is 34.3 Å². The maximum atomic E-state index is 12.2. The number of carboxylic acid groups (broad SMARTS) is 2. The van der Waals surface area contributed by atoms with Crippen LogP contribution in [0.4, 0.5) is 0 Å². The van der Waals surface area contributed by atoms with Crippen LogP contribution >= 0.6 is 27.7 Å². The smallest absolute Gasteiger partial charge is 0.322 e. The molecule has 0 aliphatic heterocycles. The molecule has 6 N–H and O–H groups in total. The van der Waals surface area contributed by atoms with Crippen molar-refractivity contribution in [1.82, 2.24) is 10.6 Å². The van der Waals surface area contributed by atoms with Crippen molar-refractivity contribution in [3.63, 3.8) is 0 Å². The first-order chi connectivity index (χ1) is 13.2. The molecule has 1 aromatic carbocycles. The van der Waals surface area contributed by atoms with Crippen molar-refractivity contribution in [2.24, 2.45) is 5.73 Å². The summed E-state index contributed by atoms with van der Waals surface area (Å²) in [4.78, 5) is 45.6. The number of thioether (sulfide) groups is 1. The second-order valence-corrected chi connectivity index (χ2v) is 7.80. The average molecular weight is 476 g/mol. The summed E-state index contributed by atoms with van der Waals surface area (Å²) in [6.45, 7) is -0.563. The Labute approximate surface area is 174 Å². The summed E-state index contributed by atoms with van der Waals surface area (Å²) < 4.78 is 0.944. The lowest BCUT2D eigenvalue weighted by Gasteiger charge is -2.18. The molecule has 0 aliphatic carbocycles. The lowest BCUT2D eigenvalue weighted by Crippen LogP contribution is -2.49. The largest absolute Gasteiger partial charge is 0.480 e. The van der Waals surface area contributed by atoms with Crippen molar-refractivity contribution in [3.8, 4) is 0 Å². The van der Waals surface area contributed by atoms with E-state index in [1.54, 1.807) is 0 Å². The Balaban J connectivity index is 2.60. The highest BCUT2D eigenvalue weighted by Gasteiger charge is 2.22. The molecule has 0 spiro atoms. The number of amides is 2. The summed E-state index contributed by atoms with van der Waals surface area (Å²) >= 11 is 4.74. The minimum Gasteiger partial charge on any atom is -0.480 e. The van der Waals surface area contributed by atoms with Gasteiger partial charge >= 0.3 is 11.9 Å². The van der Waals surface area contributed by atoms with Gasteiger partial charge in [-0.2, -0.15) is 11.8 Å². The number of nitrogens with one attached hydrogen (secondary N) is 2. The van der Waals surface area contributed by atoms with Crippen LogP contribution in [0.25, 0.3) is 0 Å². The normalized spacial score (nSPS) is 12.6. The topological polar surface area (TPSA) is 159 Å². The zero-order valence-corrected chi connectivity index (χ0v) is 17.3. The van der Waals surface area contributed by atoms with Crippen molar-refractivity contribution >= 4 is 51.4 Å². The van der Waals surface area contributed by atoms with Crippen LogP contribution in [-0.4, -0.2) is 58.3 Å². The fourth-order valence-corrected chi connectivity index (χ4v) is 3.30. The number of rotatable bonds is 12. The van der Waals surface area contributed by atoms with Gasteiger partial charge in [0, 0.05) is 22.4 Å². The van der Waals surface area contributed by atoms with Gasteiger partial charge in [0.2, 0.25) is 11.8 Å². The number of benzene rings is 1. The van der Waals surface area contributed by atoms with E-state index in [0.717, 1.165) is 10.0 Å². The van der Waals surface area contributed by atoms with Gasteiger partial charge < -0.3 is 26.6 Å². The van der Waals surface area contributed by atoms with Gasteiger partial charge in [-0.25, -0.2) is 0 Å². The SMILES string of the molecule is N[C@H](CCC(=O)N[C@@H](CSCc1ccc(Br)cc1)C(=O)NCC(=O)O)C(=O)O. The fourth-order valence-electron chi connectivity index (χ4n) is 2.02. The first-order valence-electron chi connectivity index (χ1n) is 8.28. The molecule has 2 amide bonds. The predicted octanol–water partition coefficient (Wildman–Crippen LogP) is 0.560. The Bertz CT molecular complexity index is 701. The number of nitrogens with two attached hydrogens (primary N) is 1. The molecule has 0 bridgehead atoms. The minimum absolute atomic E-state index is 0.0728. The Morgan fingerprint density at radius 3 is 2.36 bits per heavy atom.